The molecule has 0 spiro atoms. The molecule has 32 heavy (non-hydrogen) atoms. The van der Waals surface area contributed by atoms with E-state index >= 15 is 0 Å². The number of hydrogen-bond acceptors (Lipinski definition) is 7. The summed E-state index contributed by atoms with van der Waals surface area (Å²) in [6.45, 7) is 4.61. The summed E-state index contributed by atoms with van der Waals surface area (Å²) < 4.78 is 41.0. The summed E-state index contributed by atoms with van der Waals surface area (Å²) in [5.41, 5.74) is 6.86. The standard InChI is InChI=1S/C21H23F3N8/c1-12-10-31(13(2)19(29-12)14(7-25)8-26)20-27-6-5-16(30-20)17-9-28-18-4-3-15(11-32(17)18)21(22,23)24/h3-9,11-13,19,25,29H,10,26H2,1-2H3/b14-8+,25-7?. The topological polar surface area (TPSA) is 108 Å². The molecule has 3 unspecified atom stereocenters. The van der Waals surface area contributed by atoms with Gasteiger partial charge in [0.15, 0.2) is 0 Å². The Morgan fingerprint density at radius 3 is 2.72 bits per heavy atom. The van der Waals surface area contributed by atoms with Gasteiger partial charge in [-0.2, -0.15) is 13.2 Å². The third-order valence-electron chi connectivity index (χ3n) is 5.62. The highest BCUT2D eigenvalue weighted by Gasteiger charge is 2.34. The van der Waals surface area contributed by atoms with Gasteiger partial charge in [0, 0.05) is 49.0 Å². The number of nitrogens with two attached hydrogens (primary N) is 1. The van der Waals surface area contributed by atoms with Crippen LogP contribution < -0.4 is 16.0 Å². The van der Waals surface area contributed by atoms with Crippen LogP contribution in [0.2, 0.25) is 0 Å². The first-order valence-electron chi connectivity index (χ1n) is 10.1. The van der Waals surface area contributed by atoms with Crippen LogP contribution in [0, 0.1) is 5.41 Å². The van der Waals surface area contributed by atoms with Gasteiger partial charge in [0.25, 0.3) is 0 Å². The van der Waals surface area contributed by atoms with Crippen molar-refractivity contribution >= 4 is 17.8 Å². The molecule has 4 N–H and O–H groups in total. The van der Waals surface area contributed by atoms with Crippen LogP contribution in [-0.4, -0.2) is 50.2 Å². The fraction of sp³-hybridized carbons (Fsp3) is 0.333. The van der Waals surface area contributed by atoms with E-state index in [4.69, 9.17) is 11.1 Å². The lowest BCUT2D eigenvalue weighted by atomic mass is 9.96. The lowest BCUT2D eigenvalue weighted by Crippen LogP contribution is -2.62. The van der Waals surface area contributed by atoms with Gasteiger partial charge >= 0.3 is 6.18 Å². The molecule has 4 heterocycles. The Labute approximate surface area is 182 Å². The SMILES string of the molecule is CC1CN(c2nccc(-c3cnc4ccc(C(F)(F)F)cn34)n2)C(C)C(/C(C=N)=C/N)N1. The minimum atomic E-state index is -4.46. The molecule has 0 aromatic carbocycles. The molecule has 3 atom stereocenters. The van der Waals surface area contributed by atoms with Crippen molar-refractivity contribution in [3.63, 3.8) is 0 Å². The summed E-state index contributed by atoms with van der Waals surface area (Å²) in [6, 6.07) is 3.74. The summed E-state index contributed by atoms with van der Waals surface area (Å²) in [7, 11) is 0. The maximum atomic E-state index is 13.2. The van der Waals surface area contributed by atoms with E-state index in [9.17, 15) is 13.2 Å². The third-order valence-corrected chi connectivity index (χ3v) is 5.62. The van der Waals surface area contributed by atoms with Gasteiger partial charge in [-0.05, 0) is 32.0 Å². The third kappa shape index (κ3) is 3.91. The van der Waals surface area contributed by atoms with Crippen molar-refractivity contribution in [2.24, 2.45) is 5.73 Å². The maximum absolute atomic E-state index is 13.2. The number of hydrogen-bond donors (Lipinski definition) is 3. The molecule has 0 aliphatic carbocycles. The van der Waals surface area contributed by atoms with Gasteiger partial charge in [-0.1, -0.05) is 0 Å². The summed E-state index contributed by atoms with van der Waals surface area (Å²) in [5.74, 6) is 0.441. The van der Waals surface area contributed by atoms with Gasteiger partial charge in [0.2, 0.25) is 5.95 Å². The number of imidazole rings is 1. The monoisotopic (exact) mass is 444 g/mol. The number of anilines is 1. The Kier molecular flexibility index (Phi) is 5.59. The fourth-order valence-corrected chi connectivity index (χ4v) is 3.99. The van der Waals surface area contributed by atoms with Crippen molar-refractivity contribution in [2.45, 2.75) is 38.1 Å². The van der Waals surface area contributed by atoms with Crippen LogP contribution in [0.25, 0.3) is 17.0 Å². The van der Waals surface area contributed by atoms with E-state index in [1.165, 1.54) is 29.1 Å². The van der Waals surface area contributed by atoms with E-state index in [0.29, 0.717) is 35.1 Å². The van der Waals surface area contributed by atoms with Crippen LogP contribution in [0.15, 0.2) is 48.6 Å². The van der Waals surface area contributed by atoms with Crippen LogP contribution in [0.5, 0.6) is 0 Å². The van der Waals surface area contributed by atoms with Crippen LogP contribution in [-0.2, 0) is 6.18 Å². The van der Waals surface area contributed by atoms with Crippen molar-refractivity contribution in [3.05, 3.63) is 54.1 Å². The average Bonchev–Trinajstić information content (AvgIpc) is 3.19. The number of nitrogens with one attached hydrogen (secondary N) is 2. The highest BCUT2D eigenvalue weighted by atomic mass is 19.4. The van der Waals surface area contributed by atoms with Crippen LogP contribution in [0.3, 0.4) is 0 Å². The van der Waals surface area contributed by atoms with Gasteiger partial charge in [-0.15, -0.1) is 0 Å². The number of nitrogens with zero attached hydrogens (tertiary/aromatic N) is 5. The lowest BCUT2D eigenvalue weighted by molar-refractivity contribution is -0.137. The molecule has 168 valence electrons. The smallest absolute Gasteiger partial charge is 0.404 e. The number of pyridine rings is 1. The molecule has 3 aromatic rings. The zero-order valence-corrected chi connectivity index (χ0v) is 17.5. The zero-order valence-electron chi connectivity index (χ0n) is 17.5. The molecule has 0 bridgehead atoms. The second-order valence-corrected chi connectivity index (χ2v) is 7.78. The molecule has 0 saturated carbocycles. The number of aromatic nitrogens is 4. The molecule has 3 aromatic heterocycles. The molecule has 1 aliphatic rings. The van der Waals surface area contributed by atoms with Gasteiger partial charge < -0.3 is 21.4 Å². The second-order valence-electron chi connectivity index (χ2n) is 7.78. The van der Waals surface area contributed by atoms with E-state index in [2.05, 4.69) is 20.3 Å². The number of alkyl halides is 3. The maximum Gasteiger partial charge on any atom is 0.417 e. The molecule has 1 aliphatic heterocycles. The molecule has 4 rings (SSSR count). The van der Waals surface area contributed by atoms with Gasteiger partial charge in [0.1, 0.15) is 5.65 Å². The first-order valence-corrected chi connectivity index (χ1v) is 10.1. The van der Waals surface area contributed by atoms with E-state index in [-0.39, 0.29) is 18.1 Å². The molecular weight excluding hydrogens is 421 g/mol. The lowest BCUT2D eigenvalue weighted by Gasteiger charge is -2.43. The second kappa shape index (κ2) is 8.23. The first-order chi connectivity index (χ1) is 15.2. The van der Waals surface area contributed by atoms with Crippen molar-refractivity contribution in [1.82, 2.24) is 24.7 Å². The predicted octanol–water partition coefficient (Wildman–Crippen LogP) is 2.86. The van der Waals surface area contributed by atoms with Crippen LogP contribution in [0.1, 0.15) is 19.4 Å². The summed E-state index contributed by atoms with van der Waals surface area (Å²) in [6.07, 6.45) is 2.27. The molecule has 0 radical (unpaired) electrons. The molecular formula is C21H23F3N8. The van der Waals surface area contributed by atoms with Crippen LogP contribution >= 0.6 is 0 Å². The Balaban J connectivity index is 1.73. The highest BCUT2D eigenvalue weighted by molar-refractivity contribution is 5.78. The Morgan fingerprint density at radius 1 is 1.25 bits per heavy atom. The van der Waals surface area contributed by atoms with E-state index in [1.807, 2.05) is 18.7 Å². The summed E-state index contributed by atoms with van der Waals surface area (Å²) >= 11 is 0. The Bertz CT molecular complexity index is 1170. The normalized spacial score (nSPS) is 22.3. The summed E-state index contributed by atoms with van der Waals surface area (Å²) in [4.78, 5) is 15.3. The van der Waals surface area contributed by atoms with E-state index in [0.717, 1.165) is 12.3 Å². The molecule has 0 amide bonds. The van der Waals surface area contributed by atoms with Crippen molar-refractivity contribution in [3.8, 4) is 11.4 Å². The van der Waals surface area contributed by atoms with Crippen molar-refractivity contribution < 1.29 is 13.2 Å². The Hall–Kier alpha value is -3.47. The minimum absolute atomic E-state index is 0.0727. The van der Waals surface area contributed by atoms with Gasteiger partial charge in [-0.3, -0.25) is 4.40 Å². The summed E-state index contributed by atoms with van der Waals surface area (Å²) in [5, 5.41) is 11.1. The quantitative estimate of drug-likeness (QED) is 0.534. The van der Waals surface area contributed by atoms with Crippen molar-refractivity contribution in [1.29, 1.82) is 5.41 Å². The average molecular weight is 444 g/mol. The highest BCUT2D eigenvalue weighted by Crippen LogP contribution is 2.31. The molecule has 11 heteroatoms. The number of fused-ring (bicyclic) bond motifs is 1. The zero-order chi connectivity index (χ0) is 23.0. The number of halogens is 3. The first kappa shape index (κ1) is 21.8. The minimum Gasteiger partial charge on any atom is -0.404 e. The number of piperazine rings is 1. The Morgan fingerprint density at radius 2 is 2.03 bits per heavy atom. The molecule has 1 saturated heterocycles. The fourth-order valence-electron chi connectivity index (χ4n) is 3.99. The van der Waals surface area contributed by atoms with Crippen LogP contribution in [0.4, 0.5) is 19.1 Å². The van der Waals surface area contributed by atoms with E-state index in [1.54, 1.807) is 12.3 Å². The van der Waals surface area contributed by atoms with Gasteiger partial charge in [0.05, 0.1) is 29.2 Å². The predicted molar refractivity (Wildman–Crippen MR) is 115 cm³/mol. The largest absolute Gasteiger partial charge is 0.417 e. The van der Waals surface area contributed by atoms with Crippen molar-refractivity contribution in [2.75, 3.05) is 11.4 Å². The van der Waals surface area contributed by atoms with E-state index < -0.39 is 11.7 Å². The van der Waals surface area contributed by atoms with Gasteiger partial charge in [-0.25, -0.2) is 15.0 Å². The molecule has 8 nitrogen and oxygen atoms in total. The number of rotatable bonds is 4. The molecule has 1 fully saturated rings.